The molecule has 9 heteroatoms. The predicted molar refractivity (Wildman–Crippen MR) is 126 cm³/mol. The van der Waals surface area contributed by atoms with E-state index in [0.29, 0.717) is 17.0 Å². The first-order chi connectivity index (χ1) is 16.7. The van der Waals surface area contributed by atoms with Crippen molar-refractivity contribution in [3.63, 3.8) is 0 Å². The number of aromatic nitrogens is 5. The molecule has 2 aliphatic rings. The predicted octanol–water partition coefficient (Wildman–Crippen LogP) is 4.06. The van der Waals surface area contributed by atoms with E-state index in [-0.39, 0.29) is 11.9 Å². The molecule has 1 aliphatic heterocycles. The van der Waals surface area contributed by atoms with Crippen molar-refractivity contribution in [2.24, 2.45) is 5.92 Å². The Morgan fingerprint density at radius 2 is 1.85 bits per heavy atom. The highest BCUT2D eigenvalue weighted by Gasteiger charge is 2.26. The van der Waals surface area contributed by atoms with Crippen molar-refractivity contribution in [2.45, 2.75) is 38.2 Å². The number of ether oxygens (including phenoxy) is 2. The van der Waals surface area contributed by atoms with Gasteiger partial charge in [-0.25, -0.2) is 19.3 Å². The maximum Gasteiger partial charge on any atom is 0.151 e. The van der Waals surface area contributed by atoms with Crippen molar-refractivity contribution in [1.82, 2.24) is 24.9 Å². The van der Waals surface area contributed by atoms with Gasteiger partial charge in [0.1, 0.15) is 23.2 Å². The zero-order valence-corrected chi connectivity index (χ0v) is 18.9. The van der Waals surface area contributed by atoms with Crippen LogP contribution in [-0.2, 0) is 11.2 Å². The minimum absolute atomic E-state index is 0.121. The minimum atomic E-state index is -0.282. The quantitative estimate of drug-likeness (QED) is 0.478. The van der Waals surface area contributed by atoms with Crippen LogP contribution in [0.5, 0.6) is 5.75 Å². The second kappa shape index (κ2) is 9.13. The van der Waals surface area contributed by atoms with Crippen molar-refractivity contribution in [2.75, 3.05) is 31.2 Å². The van der Waals surface area contributed by atoms with Crippen LogP contribution in [0.25, 0.3) is 22.1 Å². The molecule has 34 heavy (non-hydrogen) atoms. The number of anilines is 1. The molecule has 0 radical (unpaired) electrons. The van der Waals surface area contributed by atoms with E-state index < -0.39 is 0 Å². The van der Waals surface area contributed by atoms with E-state index in [1.807, 2.05) is 0 Å². The van der Waals surface area contributed by atoms with Crippen LogP contribution in [0.1, 0.15) is 31.4 Å². The SMILES string of the molecule is Fc1c[nH]c2ncnc(CC3CCC(Oc4cc(N5CCOCC5)cc5nccnc45)CC3)c12. The van der Waals surface area contributed by atoms with Crippen LogP contribution in [0.15, 0.2) is 37.1 Å². The Morgan fingerprint density at radius 1 is 1.03 bits per heavy atom. The molecule has 3 aromatic heterocycles. The van der Waals surface area contributed by atoms with Gasteiger partial charge < -0.3 is 19.4 Å². The van der Waals surface area contributed by atoms with Gasteiger partial charge in [0.2, 0.25) is 0 Å². The second-order valence-electron chi connectivity index (χ2n) is 9.11. The summed E-state index contributed by atoms with van der Waals surface area (Å²) in [6, 6.07) is 4.18. The van der Waals surface area contributed by atoms with Gasteiger partial charge in [-0.05, 0) is 44.1 Å². The second-order valence-corrected chi connectivity index (χ2v) is 9.11. The van der Waals surface area contributed by atoms with E-state index in [1.54, 1.807) is 12.4 Å². The van der Waals surface area contributed by atoms with Gasteiger partial charge in [-0.1, -0.05) is 0 Å². The molecule has 1 aliphatic carbocycles. The maximum absolute atomic E-state index is 14.2. The van der Waals surface area contributed by atoms with Gasteiger partial charge in [0.25, 0.3) is 0 Å². The van der Waals surface area contributed by atoms with Gasteiger partial charge in [-0.2, -0.15) is 0 Å². The Labute approximate surface area is 196 Å². The summed E-state index contributed by atoms with van der Waals surface area (Å²) in [7, 11) is 0. The van der Waals surface area contributed by atoms with Gasteiger partial charge in [-0.15, -0.1) is 0 Å². The summed E-state index contributed by atoms with van der Waals surface area (Å²) >= 11 is 0. The Balaban J connectivity index is 1.16. The molecule has 4 aromatic rings. The molecule has 0 spiro atoms. The average Bonchev–Trinajstić information content (AvgIpc) is 3.27. The van der Waals surface area contributed by atoms with E-state index in [4.69, 9.17) is 9.47 Å². The lowest BCUT2D eigenvalue weighted by Gasteiger charge is -2.31. The van der Waals surface area contributed by atoms with Gasteiger partial charge in [0.05, 0.1) is 35.9 Å². The lowest BCUT2D eigenvalue weighted by atomic mass is 9.84. The lowest BCUT2D eigenvalue weighted by molar-refractivity contribution is 0.122. The van der Waals surface area contributed by atoms with Crippen LogP contribution in [0.4, 0.5) is 10.1 Å². The number of aromatic amines is 1. The van der Waals surface area contributed by atoms with E-state index in [1.165, 1.54) is 12.5 Å². The van der Waals surface area contributed by atoms with E-state index in [9.17, 15) is 4.39 Å². The summed E-state index contributed by atoms with van der Waals surface area (Å²) in [5.74, 6) is 0.960. The van der Waals surface area contributed by atoms with Gasteiger partial charge in [0, 0.05) is 43.4 Å². The number of nitrogens with one attached hydrogen (secondary N) is 1. The molecule has 0 bridgehead atoms. The van der Waals surface area contributed by atoms with Crippen LogP contribution in [0.3, 0.4) is 0 Å². The van der Waals surface area contributed by atoms with Gasteiger partial charge in [-0.3, -0.25) is 4.98 Å². The number of fused-ring (bicyclic) bond motifs is 2. The van der Waals surface area contributed by atoms with Crippen molar-refractivity contribution in [3.8, 4) is 5.75 Å². The number of rotatable bonds is 5. The van der Waals surface area contributed by atoms with E-state index in [2.05, 4.69) is 42.0 Å². The Morgan fingerprint density at radius 3 is 2.71 bits per heavy atom. The van der Waals surface area contributed by atoms with Crippen molar-refractivity contribution < 1.29 is 13.9 Å². The zero-order valence-electron chi connectivity index (χ0n) is 18.9. The van der Waals surface area contributed by atoms with Crippen LogP contribution >= 0.6 is 0 Å². The van der Waals surface area contributed by atoms with Crippen molar-refractivity contribution in [1.29, 1.82) is 0 Å². The van der Waals surface area contributed by atoms with E-state index in [0.717, 1.165) is 86.6 Å². The summed E-state index contributed by atoms with van der Waals surface area (Å²) in [6.07, 6.45) is 11.1. The van der Waals surface area contributed by atoms with Crippen LogP contribution < -0.4 is 9.64 Å². The third-order valence-electron chi connectivity index (χ3n) is 6.97. The molecule has 0 atom stereocenters. The normalized spacial score (nSPS) is 21.3. The van der Waals surface area contributed by atoms with Crippen molar-refractivity contribution >= 4 is 27.8 Å². The highest BCUT2D eigenvalue weighted by Crippen LogP contribution is 2.35. The summed E-state index contributed by atoms with van der Waals surface area (Å²) in [5, 5.41) is 0.519. The fraction of sp³-hybridized carbons (Fsp3) is 0.440. The molecular formula is C25H27FN6O2. The zero-order chi connectivity index (χ0) is 22.9. The monoisotopic (exact) mass is 462 g/mol. The third-order valence-corrected chi connectivity index (χ3v) is 6.97. The van der Waals surface area contributed by atoms with Crippen LogP contribution in [0.2, 0.25) is 0 Å². The minimum Gasteiger partial charge on any atom is -0.488 e. The van der Waals surface area contributed by atoms with Crippen molar-refractivity contribution in [3.05, 3.63) is 48.6 Å². The first-order valence-electron chi connectivity index (χ1n) is 11.9. The van der Waals surface area contributed by atoms with Gasteiger partial charge >= 0.3 is 0 Å². The summed E-state index contributed by atoms with van der Waals surface area (Å²) in [5.41, 5.74) is 4.09. The molecule has 0 unspecified atom stereocenters. The molecule has 1 saturated heterocycles. The third kappa shape index (κ3) is 4.16. The fourth-order valence-corrected chi connectivity index (χ4v) is 5.17. The number of nitrogens with zero attached hydrogens (tertiary/aromatic N) is 5. The molecule has 4 heterocycles. The topological polar surface area (TPSA) is 89.0 Å². The number of hydrogen-bond donors (Lipinski definition) is 1. The highest BCUT2D eigenvalue weighted by molar-refractivity contribution is 5.85. The number of H-pyrrole nitrogens is 1. The molecular weight excluding hydrogens is 435 g/mol. The molecule has 6 rings (SSSR count). The Kier molecular flexibility index (Phi) is 5.70. The Hall–Kier alpha value is -3.33. The Bertz CT molecular complexity index is 1300. The molecule has 0 amide bonds. The standard InChI is InChI=1S/C25H27FN6O2/c26-19-14-29-25-23(19)20(30-15-31-25)11-16-1-3-18(4-2-16)34-22-13-17(32-7-9-33-10-8-32)12-21-24(22)28-6-5-27-21/h5-6,12-16,18H,1-4,7-11H2,(H,29,30,31). The number of halogens is 1. The molecule has 1 saturated carbocycles. The smallest absolute Gasteiger partial charge is 0.151 e. The molecule has 2 fully saturated rings. The fourth-order valence-electron chi connectivity index (χ4n) is 5.17. The number of hydrogen-bond acceptors (Lipinski definition) is 7. The summed E-state index contributed by atoms with van der Waals surface area (Å²) in [4.78, 5) is 22.8. The summed E-state index contributed by atoms with van der Waals surface area (Å²) < 4.78 is 26.2. The largest absolute Gasteiger partial charge is 0.488 e. The van der Waals surface area contributed by atoms with Crippen LogP contribution in [-0.4, -0.2) is 57.3 Å². The lowest BCUT2D eigenvalue weighted by Crippen LogP contribution is -2.36. The maximum atomic E-state index is 14.2. The van der Waals surface area contributed by atoms with Crippen LogP contribution in [0, 0.1) is 11.7 Å². The number of benzene rings is 1. The molecule has 176 valence electrons. The molecule has 1 aromatic carbocycles. The first kappa shape index (κ1) is 21.2. The first-order valence-corrected chi connectivity index (χ1v) is 11.9. The average molecular weight is 463 g/mol. The molecule has 1 N–H and O–H groups in total. The van der Waals surface area contributed by atoms with Gasteiger partial charge in [0.15, 0.2) is 5.82 Å². The highest BCUT2D eigenvalue weighted by atomic mass is 19.1. The number of morpholine rings is 1. The summed E-state index contributed by atoms with van der Waals surface area (Å²) in [6.45, 7) is 3.16. The van der Waals surface area contributed by atoms with E-state index >= 15 is 0 Å². The molecule has 8 nitrogen and oxygen atoms in total.